The van der Waals surface area contributed by atoms with Crippen LogP contribution < -0.4 is 0 Å². The molecule has 0 radical (unpaired) electrons. The van der Waals surface area contributed by atoms with Gasteiger partial charge in [-0.1, -0.05) is 97.8 Å². The first-order valence-electron chi connectivity index (χ1n) is 23.8. The molecule has 4 atom stereocenters. The number of nitrogens with one attached hydrogen (secondary N) is 2. The molecule has 2 unspecified atom stereocenters. The summed E-state index contributed by atoms with van der Waals surface area (Å²) in [4.78, 5) is 58.4. The average molecular weight is 873 g/mol. The Morgan fingerprint density at radius 3 is 2.22 bits per heavy atom. The predicted octanol–water partition coefficient (Wildman–Crippen LogP) is 12.5. The molecule has 1 aliphatic carbocycles. The number of ketones is 1. The lowest BCUT2D eigenvalue weighted by molar-refractivity contribution is -0.157. The first kappa shape index (κ1) is 48.4. The number of hydrogen-bond donors (Lipinski definition) is 3. The van der Waals surface area contributed by atoms with Crippen molar-refractivity contribution in [2.24, 2.45) is 17.8 Å². The number of ether oxygens (including phenoxy) is 2. The minimum Gasteiger partial charge on any atom is -0.466 e. The molecule has 3 aliphatic rings. The van der Waals surface area contributed by atoms with Gasteiger partial charge in [0.25, 0.3) is 5.60 Å². The van der Waals surface area contributed by atoms with Crippen LogP contribution in [-0.2, 0) is 31.1 Å². The van der Waals surface area contributed by atoms with Gasteiger partial charge in [-0.25, -0.2) is 9.78 Å². The third kappa shape index (κ3) is 10.2. The molecule has 0 fully saturated rings. The van der Waals surface area contributed by atoms with Crippen molar-refractivity contribution in [3.05, 3.63) is 87.0 Å². The van der Waals surface area contributed by atoms with E-state index in [1.165, 1.54) is 50.5 Å². The van der Waals surface area contributed by atoms with Crippen molar-refractivity contribution in [1.82, 2.24) is 19.9 Å². The molecule has 3 N–H and O–H groups in total. The second-order valence-corrected chi connectivity index (χ2v) is 19.3. The Bertz CT molecular complexity index is 2500. The van der Waals surface area contributed by atoms with Crippen molar-refractivity contribution < 1.29 is 29.0 Å². The molecule has 0 aromatic carbocycles. The summed E-state index contributed by atoms with van der Waals surface area (Å²) in [6, 6.07) is 5.93. The Balaban J connectivity index is 1.23. The highest BCUT2D eigenvalue weighted by molar-refractivity contribution is 6.26. The molecule has 2 aliphatic heterocycles. The number of nitrogens with zero attached hydrogens (tertiary/aromatic N) is 2. The third-order valence-corrected chi connectivity index (χ3v) is 14.0. The zero-order valence-electron chi connectivity index (χ0n) is 40.2. The first-order chi connectivity index (χ1) is 30.5. The molecular formula is C54H72N4O6. The fourth-order valence-electron chi connectivity index (χ4n) is 9.99. The number of carbonyl (C=O) groups is 3. The zero-order chi connectivity index (χ0) is 46.5. The molecule has 8 bridgehead atoms. The number of H-pyrrole nitrogens is 2. The number of allylic oxidation sites excluding steroid dienone is 3. The van der Waals surface area contributed by atoms with Crippen molar-refractivity contribution in [1.29, 1.82) is 0 Å². The number of fused-ring (bicyclic) bond motifs is 8. The van der Waals surface area contributed by atoms with Gasteiger partial charge >= 0.3 is 11.9 Å². The van der Waals surface area contributed by atoms with Crippen molar-refractivity contribution in [3.8, 4) is 0 Å². The Labute approximate surface area is 380 Å². The van der Waals surface area contributed by atoms with E-state index in [4.69, 9.17) is 19.4 Å². The number of carbonyl (C=O) groups excluding carboxylic acids is 3. The molecule has 6 rings (SSSR count). The van der Waals surface area contributed by atoms with Crippen LogP contribution in [0.2, 0.25) is 0 Å². The Kier molecular flexibility index (Phi) is 15.7. The maximum absolute atomic E-state index is 14.4. The normalized spacial score (nSPS) is 18.2. The van der Waals surface area contributed by atoms with Crippen molar-refractivity contribution >= 4 is 57.0 Å². The highest BCUT2D eigenvalue weighted by Gasteiger charge is 2.57. The van der Waals surface area contributed by atoms with Gasteiger partial charge in [0.1, 0.15) is 6.61 Å². The molecule has 0 saturated heterocycles. The Morgan fingerprint density at radius 1 is 0.906 bits per heavy atom. The van der Waals surface area contributed by atoms with E-state index in [1.807, 2.05) is 37.3 Å². The van der Waals surface area contributed by atoms with E-state index in [2.05, 4.69) is 65.0 Å². The summed E-state index contributed by atoms with van der Waals surface area (Å²) in [5.41, 5.74) is 8.70. The quantitative estimate of drug-likeness (QED) is 0.0577. The van der Waals surface area contributed by atoms with E-state index in [0.717, 1.165) is 82.9 Å². The van der Waals surface area contributed by atoms with Crippen LogP contribution in [0.3, 0.4) is 0 Å². The molecule has 0 spiro atoms. The molecule has 64 heavy (non-hydrogen) atoms. The van der Waals surface area contributed by atoms with Gasteiger partial charge in [0, 0.05) is 45.7 Å². The molecule has 3 aromatic heterocycles. The minimum atomic E-state index is -2.64. The molecule has 0 amide bonds. The van der Waals surface area contributed by atoms with Gasteiger partial charge in [-0.05, 0) is 124 Å². The first-order valence-corrected chi connectivity index (χ1v) is 23.8. The van der Waals surface area contributed by atoms with Crippen LogP contribution in [-0.4, -0.2) is 56.5 Å². The highest BCUT2D eigenvalue weighted by Crippen LogP contribution is 2.47. The van der Waals surface area contributed by atoms with Crippen LogP contribution >= 0.6 is 0 Å². The van der Waals surface area contributed by atoms with Crippen molar-refractivity contribution in [2.45, 2.75) is 157 Å². The third-order valence-electron chi connectivity index (χ3n) is 14.0. The van der Waals surface area contributed by atoms with E-state index >= 15 is 0 Å². The summed E-state index contributed by atoms with van der Waals surface area (Å²) in [6.07, 6.45) is 16.5. The number of methoxy groups -OCH3 is 1. The monoisotopic (exact) mass is 873 g/mol. The largest absolute Gasteiger partial charge is 0.466 e. The van der Waals surface area contributed by atoms with E-state index in [0.29, 0.717) is 46.7 Å². The number of rotatable bonds is 20. The second kappa shape index (κ2) is 20.8. The summed E-state index contributed by atoms with van der Waals surface area (Å²) in [6.45, 7) is 23.7. The molecule has 3 aromatic rings. The molecular weight excluding hydrogens is 801 g/mol. The van der Waals surface area contributed by atoms with Gasteiger partial charge in [-0.3, -0.25) is 14.6 Å². The SMILES string of the molecule is C=Cc1c(C)c2cc3nc(c4c5[nH]c(cc6nc(cc1[nH]2)C(C)=C6CC)c(C)c5C(=O)[C@]4(O)C(=O)OC)[C@@H](CCC(=O)OC/C=C(\C)CCCC(C)CCCC(C)CCCC(C)C)C3. The summed E-state index contributed by atoms with van der Waals surface area (Å²) in [5.74, 6) is -0.351. The fourth-order valence-corrected chi connectivity index (χ4v) is 9.99. The standard InChI is InChI=1S/C54H72N4O6/c1-12-40-35(8)42-28-39-27-38(23-24-47(59)64-26-25-34(7)22-16-21-33(6)20-15-19-32(5)18-14-17-31(3)4)50(55-39)49-51-48(52(60)54(49,62)53(61)63-11)37(10)44(58-51)30-46-41(13-2)36(9)43(57-46)29-45(40)56-42/h12,25,28-33,38,56,58,62H,1,13-24,26-27H2,2-11H3/b34-25+,39-28?,42-28?,43-29?,44-30?,45-29?,46-30?,50-49?/t32?,33?,38-,54-/m0/s1. The van der Waals surface area contributed by atoms with E-state index < -0.39 is 23.3 Å². The number of aryl methyl sites for hydroxylation is 2. The van der Waals surface area contributed by atoms with Crippen LogP contribution in [0.1, 0.15) is 187 Å². The molecule has 5 heterocycles. The van der Waals surface area contributed by atoms with Crippen LogP contribution in [0.4, 0.5) is 0 Å². The Morgan fingerprint density at radius 2 is 1.56 bits per heavy atom. The number of esters is 2. The lowest BCUT2D eigenvalue weighted by Crippen LogP contribution is -2.42. The van der Waals surface area contributed by atoms with Crippen molar-refractivity contribution in [3.63, 3.8) is 0 Å². The number of Topliss-reactive ketones (excluding diaryl/α,β-unsaturated/α-hetero) is 1. The number of aromatic nitrogens is 4. The maximum atomic E-state index is 14.4. The van der Waals surface area contributed by atoms with Gasteiger partial charge in [-0.2, -0.15) is 0 Å². The van der Waals surface area contributed by atoms with Crippen LogP contribution in [0.15, 0.2) is 36.4 Å². The van der Waals surface area contributed by atoms with E-state index in [9.17, 15) is 19.5 Å². The van der Waals surface area contributed by atoms with E-state index in [-0.39, 0.29) is 30.1 Å². The predicted molar refractivity (Wildman–Crippen MR) is 259 cm³/mol. The van der Waals surface area contributed by atoms with Crippen molar-refractivity contribution in [2.75, 3.05) is 13.7 Å². The molecule has 10 heteroatoms. The van der Waals surface area contributed by atoms with Gasteiger partial charge < -0.3 is 24.5 Å². The van der Waals surface area contributed by atoms with Gasteiger partial charge in [0.15, 0.2) is 0 Å². The summed E-state index contributed by atoms with van der Waals surface area (Å²) in [7, 11) is 1.15. The molecule has 10 nitrogen and oxygen atoms in total. The topological polar surface area (TPSA) is 147 Å². The maximum Gasteiger partial charge on any atom is 0.351 e. The molecule has 344 valence electrons. The number of aliphatic hydroxyl groups is 1. The lowest BCUT2D eigenvalue weighted by Gasteiger charge is -2.22. The zero-order valence-corrected chi connectivity index (χ0v) is 40.2. The van der Waals surface area contributed by atoms with Crippen LogP contribution in [0.5, 0.6) is 0 Å². The van der Waals surface area contributed by atoms with Gasteiger partial charge in [0.05, 0.1) is 35.3 Å². The van der Waals surface area contributed by atoms with Gasteiger partial charge in [-0.15, -0.1) is 0 Å². The lowest BCUT2D eigenvalue weighted by atomic mass is 9.86. The smallest absolute Gasteiger partial charge is 0.351 e. The van der Waals surface area contributed by atoms with E-state index in [1.54, 1.807) is 6.92 Å². The summed E-state index contributed by atoms with van der Waals surface area (Å²) >= 11 is 0. The van der Waals surface area contributed by atoms with Gasteiger partial charge in [0.2, 0.25) is 5.78 Å². The highest BCUT2D eigenvalue weighted by atomic mass is 16.5. The Hall–Kier alpha value is -5.09. The van der Waals surface area contributed by atoms with Crippen LogP contribution in [0.25, 0.3) is 39.3 Å². The number of aromatic amines is 2. The average Bonchev–Trinajstić information content (AvgIpc) is 4.01. The number of hydrogen-bond acceptors (Lipinski definition) is 8. The minimum absolute atomic E-state index is 0.0579. The molecule has 0 saturated carbocycles. The van der Waals surface area contributed by atoms with Crippen LogP contribution in [0, 0.1) is 31.6 Å². The fraction of sp³-hybridized carbons (Fsp3) is 0.537. The second-order valence-electron chi connectivity index (χ2n) is 19.3. The summed E-state index contributed by atoms with van der Waals surface area (Å²) in [5, 5.41) is 12.3. The summed E-state index contributed by atoms with van der Waals surface area (Å²) < 4.78 is 10.8.